The zero-order valence-corrected chi connectivity index (χ0v) is 7.25. The molecule has 3 nitrogen and oxygen atoms in total. The average molecular weight is 161 g/mol. The van der Waals surface area contributed by atoms with Crippen LogP contribution in [0.15, 0.2) is 0 Å². The first-order valence-electron chi connectivity index (χ1n) is 4.27. The molecule has 0 aromatic carbocycles. The summed E-state index contributed by atoms with van der Waals surface area (Å²) in [4.78, 5) is 0. The summed E-state index contributed by atoms with van der Waals surface area (Å²) in [5.41, 5.74) is 5.18. The summed E-state index contributed by atoms with van der Waals surface area (Å²) in [5, 5.41) is 8.96. The van der Waals surface area contributed by atoms with E-state index in [0.717, 1.165) is 13.0 Å². The van der Waals surface area contributed by atoms with Crippen molar-refractivity contribution < 1.29 is 9.84 Å². The van der Waals surface area contributed by atoms with Crippen LogP contribution >= 0.6 is 0 Å². The molecule has 0 rings (SSSR count). The molecule has 68 valence electrons. The molecule has 3 heteroatoms. The van der Waals surface area contributed by atoms with E-state index in [1.165, 1.54) is 12.8 Å². The van der Waals surface area contributed by atoms with Gasteiger partial charge in [-0.25, -0.2) is 0 Å². The number of rotatable bonds is 7. The Labute approximate surface area is 68.5 Å². The molecule has 3 N–H and O–H groups in total. The Kier molecular flexibility index (Phi) is 7.89. The third-order valence-corrected chi connectivity index (χ3v) is 1.47. The summed E-state index contributed by atoms with van der Waals surface area (Å²) in [6.07, 6.45) is 2.98. The van der Waals surface area contributed by atoms with Crippen LogP contribution in [-0.4, -0.2) is 31.0 Å². The Hall–Kier alpha value is -0.120. The smallest absolute Gasteiger partial charge is 0.0895 e. The summed E-state index contributed by atoms with van der Waals surface area (Å²) < 4.78 is 5.16. The van der Waals surface area contributed by atoms with E-state index in [0.29, 0.717) is 6.61 Å². The van der Waals surface area contributed by atoms with Gasteiger partial charge in [0.2, 0.25) is 0 Å². The van der Waals surface area contributed by atoms with E-state index in [4.69, 9.17) is 15.6 Å². The highest BCUT2D eigenvalue weighted by molar-refractivity contribution is 4.52. The van der Waals surface area contributed by atoms with Crippen LogP contribution in [0.2, 0.25) is 0 Å². The van der Waals surface area contributed by atoms with Crippen LogP contribution in [0.5, 0.6) is 0 Å². The Bertz CT molecular complexity index is 78.5. The number of ether oxygens (including phenoxy) is 1. The molecule has 0 aliphatic heterocycles. The van der Waals surface area contributed by atoms with Gasteiger partial charge in [0.05, 0.1) is 12.7 Å². The number of hydrogen-bond donors (Lipinski definition) is 2. The van der Waals surface area contributed by atoms with E-state index in [2.05, 4.69) is 6.92 Å². The summed E-state index contributed by atoms with van der Waals surface area (Å²) in [6, 6.07) is 0. The van der Waals surface area contributed by atoms with Crippen LogP contribution in [0.25, 0.3) is 0 Å². The van der Waals surface area contributed by atoms with E-state index in [1.54, 1.807) is 0 Å². The summed E-state index contributed by atoms with van der Waals surface area (Å²) in [7, 11) is 0. The fraction of sp³-hybridized carbons (Fsp3) is 1.00. The highest BCUT2D eigenvalue weighted by Crippen LogP contribution is 1.94. The first-order chi connectivity index (χ1) is 5.31. The second-order valence-corrected chi connectivity index (χ2v) is 2.67. The molecule has 0 aliphatic rings. The number of unbranched alkanes of at least 4 members (excludes halogenated alkanes) is 2. The predicted octanol–water partition coefficient (Wildman–Crippen LogP) is 0.513. The van der Waals surface area contributed by atoms with Crippen molar-refractivity contribution in [2.24, 2.45) is 5.73 Å². The van der Waals surface area contributed by atoms with Crippen molar-refractivity contribution in [2.75, 3.05) is 19.8 Å². The quantitative estimate of drug-likeness (QED) is 0.535. The lowest BCUT2D eigenvalue weighted by Gasteiger charge is -2.07. The molecule has 1 atom stereocenters. The summed E-state index contributed by atoms with van der Waals surface area (Å²) in [5.74, 6) is 0. The highest BCUT2D eigenvalue weighted by atomic mass is 16.5. The predicted molar refractivity (Wildman–Crippen MR) is 45.4 cm³/mol. The molecular weight excluding hydrogens is 142 g/mol. The van der Waals surface area contributed by atoms with Gasteiger partial charge in [0.25, 0.3) is 0 Å². The fourth-order valence-corrected chi connectivity index (χ4v) is 0.742. The molecule has 0 fully saturated rings. The van der Waals surface area contributed by atoms with E-state index in [9.17, 15) is 0 Å². The molecule has 0 amide bonds. The first-order valence-corrected chi connectivity index (χ1v) is 4.27. The van der Waals surface area contributed by atoms with E-state index < -0.39 is 6.10 Å². The van der Waals surface area contributed by atoms with Crippen LogP contribution in [0.3, 0.4) is 0 Å². The molecule has 0 heterocycles. The molecule has 11 heavy (non-hydrogen) atoms. The fourth-order valence-electron chi connectivity index (χ4n) is 0.742. The van der Waals surface area contributed by atoms with E-state index in [1.807, 2.05) is 0 Å². The van der Waals surface area contributed by atoms with Crippen molar-refractivity contribution in [3.63, 3.8) is 0 Å². The number of aliphatic hydroxyl groups is 1. The molecule has 0 spiro atoms. The van der Waals surface area contributed by atoms with Gasteiger partial charge < -0.3 is 15.6 Å². The second-order valence-electron chi connectivity index (χ2n) is 2.67. The van der Waals surface area contributed by atoms with Gasteiger partial charge in [-0.1, -0.05) is 19.8 Å². The SMILES string of the molecule is CCCCCOC[C@H](O)CN. The lowest BCUT2D eigenvalue weighted by atomic mass is 10.3. The molecular formula is C8H19NO2. The molecule has 0 radical (unpaired) electrons. The molecule has 0 aromatic rings. The van der Waals surface area contributed by atoms with Gasteiger partial charge in [0, 0.05) is 13.2 Å². The van der Waals surface area contributed by atoms with Gasteiger partial charge in [-0.05, 0) is 6.42 Å². The van der Waals surface area contributed by atoms with E-state index >= 15 is 0 Å². The van der Waals surface area contributed by atoms with Gasteiger partial charge >= 0.3 is 0 Å². The van der Waals surface area contributed by atoms with Crippen molar-refractivity contribution in [3.05, 3.63) is 0 Å². The average Bonchev–Trinajstić information content (AvgIpc) is 2.04. The molecule has 0 aliphatic carbocycles. The van der Waals surface area contributed by atoms with Crippen LogP contribution in [0, 0.1) is 0 Å². The highest BCUT2D eigenvalue weighted by Gasteiger charge is 1.98. The van der Waals surface area contributed by atoms with Gasteiger partial charge in [0.15, 0.2) is 0 Å². The molecule has 0 saturated heterocycles. The van der Waals surface area contributed by atoms with E-state index in [-0.39, 0.29) is 6.54 Å². The Morgan fingerprint density at radius 2 is 2.18 bits per heavy atom. The lowest BCUT2D eigenvalue weighted by molar-refractivity contribution is 0.0398. The van der Waals surface area contributed by atoms with Crippen molar-refractivity contribution in [2.45, 2.75) is 32.3 Å². The van der Waals surface area contributed by atoms with Gasteiger partial charge in [-0.3, -0.25) is 0 Å². The zero-order valence-electron chi connectivity index (χ0n) is 7.25. The first kappa shape index (κ1) is 10.9. The second kappa shape index (κ2) is 7.98. The van der Waals surface area contributed by atoms with Gasteiger partial charge in [0.1, 0.15) is 0 Å². The maximum Gasteiger partial charge on any atom is 0.0895 e. The molecule has 0 aromatic heterocycles. The minimum absolute atomic E-state index is 0.285. The van der Waals surface area contributed by atoms with Crippen LogP contribution in [0.4, 0.5) is 0 Å². The van der Waals surface area contributed by atoms with Crippen molar-refractivity contribution in [3.8, 4) is 0 Å². The normalized spacial score (nSPS) is 13.4. The molecule has 0 saturated carbocycles. The van der Waals surface area contributed by atoms with Gasteiger partial charge in [-0.2, -0.15) is 0 Å². The van der Waals surface area contributed by atoms with Crippen molar-refractivity contribution in [1.29, 1.82) is 0 Å². The van der Waals surface area contributed by atoms with Crippen LogP contribution < -0.4 is 5.73 Å². The van der Waals surface area contributed by atoms with Crippen molar-refractivity contribution >= 4 is 0 Å². The molecule has 0 bridgehead atoms. The third-order valence-electron chi connectivity index (χ3n) is 1.47. The maximum atomic E-state index is 8.96. The number of nitrogens with two attached hydrogens (primary N) is 1. The zero-order chi connectivity index (χ0) is 8.53. The standard InChI is InChI=1S/C8H19NO2/c1-2-3-4-5-11-7-8(10)6-9/h8,10H,2-7,9H2,1H3/t8-/m1/s1. The minimum atomic E-state index is -0.489. The van der Waals surface area contributed by atoms with Crippen molar-refractivity contribution in [1.82, 2.24) is 0 Å². The van der Waals surface area contributed by atoms with Crippen LogP contribution in [-0.2, 0) is 4.74 Å². The Balaban J connectivity index is 2.89. The van der Waals surface area contributed by atoms with Gasteiger partial charge in [-0.15, -0.1) is 0 Å². The largest absolute Gasteiger partial charge is 0.389 e. The van der Waals surface area contributed by atoms with Crippen LogP contribution in [0.1, 0.15) is 26.2 Å². The topological polar surface area (TPSA) is 55.5 Å². The third kappa shape index (κ3) is 7.78. The summed E-state index contributed by atoms with van der Waals surface area (Å²) >= 11 is 0. The number of aliphatic hydroxyl groups excluding tert-OH is 1. The summed E-state index contributed by atoms with van der Waals surface area (Å²) in [6.45, 7) is 3.55. The minimum Gasteiger partial charge on any atom is -0.389 e. The monoisotopic (exact) mass is 161 g/mol. The maximum absolute atomic E-state index is 8.96. The number of hydrogen-bond acceptors (Lipinski definition) is 3. The molecule has 0 unspecified atom stereocenters. The Morgan fingerprint density at radius 3 is 2.73 bits per heavy atom. The lowest BCUT2D eigenvalue weighted by Crippen LogP contribution is -2.25. The Morgan fingerprint density at radius 1 is 1.45 bits per heavy atom.